The number of benzene rings is 1. The number of aliphatic hydroxyl groups is 1. The number of piperidine rings is 1. The normalized spacial score (nSPS) is 17.2. The van der Waals surface area contributed by atoms with Gasteiger partial charge in [0.2, 0.25) is 0 Å². The number of likely N-dealkylation sites (tertiary alicyclic amines) is 1. The van der Waals surface area contributed by atoms with Gasteiger partial charge in [0.25, 0.3) is 0 Å². The fourth-order valence-electron chi connectivity index (χ4n) is 3.97. The summed E-state index contributed by atoms with van der Waals surface area (Å²) < 4.78 is 0. The average Bonchev–Trinajstić information content (AvgIpc) is 2.63. The summed E-state index contributed by atoms with van der Waals surface area (Å²) in [4.78, 5) is 2.62. The van der Waals surface area contributed by atoms with Crippen molar-refractivity contribution in [2.24, 2.45) is 11.7 Å². The van der Waals surface area contributed by atoms with Gasteiger partial charge in [-0.1, -0.05) is 63.3 Å². The Balaban J connectivity index is 0.00000151. The fourth-order valence-corrected chi connectivity index (χ4v) is 4.16. The van der Waals surface area contributed by atoms with Crippen molar-refractivity contribution in [3.05, 3.63) is 34.9 Å². The number of nitrogens with two attached hydrogens (primary N) is 1. The van der Waals surface area contributed by atoms with Gasteiger partial charge in [-0.2, -0.15) is 0 Å². The first-order valence-electron chi connectivity index (χ1n) is 9.82. The van der Waals surface area contributed by atoms with E-state index in [2.05, 4.69) is 36.9 Å². The summed E-state index contributed by atoms with van der Waals surface area (Å²) in [7, 11) is 1.00. The minimum atomic E-state index is 0.401. The summed E-state index contributed by atoms with van der Waals surface area (Å²) in [5.74, 6) is 1.34. The molecule has 2 rings (SSSR count). The van der Waals surface area contributed by atoms with Crippen molar-refractivity contribution in [3.63, 3.8) is 0 Å². The molecule has 0 saturated carbocycles. The molecule has 4 heteroatoms. The highest BCUT2D eigenvalue weighted by molar-refractivity contribution is 6.30. The highest BCUT2D eigenvalue weighted by Crippen LogP contribution is 2.34. The second-order valence-electron chi connectivity index (χ2n) is 7.14. The predicted molar refractivity (Wildman–Crippen MR) is 109 cm³/mol. The third-order valence-corrected chi connectivity index (χ3v) is 5.49. The molecule has 1 atom stereocenters. The quantitative estimate of drug-likeness (QED) is 0.700. The number of hydrogen-bond donors (Lipinski definition) is 2. The maximum Gasteiger partial charge on any atom is 0.0408 e. The van der Waals surface area contributed by atoms with Gasteiger partial charge >= 0.3 is 0 Å². The van der Waals surface area contributed by atoms with Gasteiger partial charge in [-0.15, -0.1) is 0 Å². The van der Waals surface area contributed by atoms with E-state index in [1.54, 1.807) is 0 Å². The molecule has 0 aliphatic carbocycles. The molecule has 0 spiro atoms. The summed E-state index contributed by atoms with van der Waals surface area (Å²) in [5.41, 5.74) is 7.49. The van der Waals surface area contributed by atoms with E-state index < -0.39 is 0 Å². The number of halogens is 1. The van der Waals surface area contributed by atoms with E-state index in [1.165, 1.54) is 31.2 Å². The van der Waals surface area contributed by atoms with Crippen LogP contribution in [0.25, 0.3) is 0 Å². The predicted octanol–water partition coefficient (Wildman–Crippen LogP) is 4.67. The average molecular weight is 369 g/mol. The molecule has 1 aromatic carbocycles. The molecule has 0 radical (unpaired) electrons. The van der Waals surface area contributed by atoms with E-state index in [0.717, 1.165) is 50.5 Å². The number of aliphatic hydroxyl groups excluding tert-OH is 1. The molecule has 1 aromatic rings. The van der Waals surface area contributed by atoms with Crippen molar-refractivity contribution in [2.75, 3.05) is 26.7 Å². The summed E-state index contributed by atoms with van der Waals surface area (Å²) in [5, 5.41) is 7.86. The van der Waals surface area contributed by atoms with E-state index in [0.29, 0.717) is 12.0 Å². The molecular formula is C21H37ClN2O. The Morgan fingerprint density at radius 3 is 2.28 bits per heavy atom. The molecule has 1 fully saturated rings. The van der Waals surface area contributed by atoms with Crippen molar-refractivity contribution in [1.29, 1.82) is 0 Å². The molecule has 1 saturated heterocycles. The number of hydrogen-bond acceptors (Lipinski definition) is 3. The van der Waals surface area contributed by atoms with Crippen LogP contribution < -0.4 is 5.73 Å². The van der Waals surface area contributed by atoms with Gasteiger partial charge in [0, 0.05) is 24.7 Å². The Labute approximate surface area is 159 Å². The van der Waals surface area contributed by atoms with Gasteiger partial charge in [0.15, 0.2) is 0 Å². The molecule has 0 bridgehead atoms. The summed E-state index contributed by atoms with van der Waals surface area (Å²) >= 11 is 6.28. The van der Waals surface area contributed by atoms with Crippen LogP contribution in [0.3, 0.4) is 0 Å². The van der Waals surface area contributed by atoms with Gasteiger partial charge < -0.3 is 15.7 Å². The largest absolute Gasteiger partial charge is 0.400 e. The van der Waals surface area contributed by atoms with E-state index in [-0.39, 0.29) is 0 Å². The highest BCUT2D eigenvalue weighted by Gasteiger charge is 2.26. The van der Waals surface area contributed by atoms with Crippen LogP contribution in [-0.2, 0) is 0 Å². The van der Waals surface area contributed by atoms with Crippen molar-refractivity contribution in [1.82, 2.24) is 4.90 Å². The Morgan fingerprint density at radius 1 is 1.16 bits per heavy atom. The highest BCUT2D eigenvalue weighted by atomic mass is 35.5. The second-order valence-corrected chi connectivity index (χ2v) is 7.57. The van der Waals surface area contributed by atoms with Crippen LogP contribution in [0, 0.1) is 5.92 Å². The van der Waals surface area contributed by atoms with Crippen LogP contribution in [0.15, 0.2) is 24.3 Å². The standard InChI is InChI=1S/C20H33ClN2.CH4O/c1-3-6-16(7-4-2)20(17-8-5-9-18(21)14-17)15-23-12-10-19(22)11-13-23;1-2/h5,8-9,14,16,19-20H,3-4,6-7,10-13,15,22H2,1-2H3;2H,1H3. The van der Waals surface area contributed by atoms with Crippen LogP contribution in [0.4, 0.5) is 0 Å². The lowest BCUT2D eigenvalue weighted by Gasteiger charge is -2.36. The van der Waals surface area contributed by atoms with Crippen molar-refractivity contribution >= 4 is 11.6 Å². The van der Waals surface area contributed by atoms with Crippen molar-refractivity contribution in [2.45, 2.75) is 64.3 Å². The molecule has 0 aromatic heterocycles. The van der Waals surface area contributed by atoms with Gasteiger partial charge in [-0.25, -0.2) is 0 Å². The van der Waals surface area contributed by atoms with Crippen LogP contribution in [-0.4, -0.2) is 42.8 Å². The third-order valence-electron chi connectivity index (χ3n) is 5.25. The zero-order chi connectivity index (χ0) is 18.7. The smallest absolute Gasteiger partial charge is 0.0408 e. The van der Waals surface area contributed by atoms with E-state index >= 15 is 0 Å². The maximum atomic E-state index is 7.00. The number of nitrogens with zero attached hydrogens (tertiary/aromatic N) is 1. The summed E-state index contributed by atoms with van der Waals surface area (Å²) in [6.45, 7) is 8.04. The topological polar surface area (TPSA) is 49.5 Å². The lowest BCUT2D eigenvalue weighted by atomic mass is 9.80. The van der Waals surface area contributed by atoms with Gasteiger partial charge in [-0.05, 0) is 55.5 Å². The van der Waals surface area contributed by atoms with Crippen LogP contribution in [0.5, 0.6) is 0 Å². The Morgan fingerprint density at radius 2 is 1.76 bits per heavy atom. The van der Waals surface area contributed by atoms with Crippen molar-refractivity contribution < 1.29 is 5.11 Å². The number of rotatable bonds is 8. The first kappa shape index (κ1) is 22.4. The molecule has 0 amide bonds. The Hall–Kier alpha value is -0.610. The molecule has 1 aliphatic heterocycles. The van der Waals surface area contributed by atoms with Crippen LogP contribution in [0.2, 0.25) is 5.02 Å². The third kappa shape index (κ3) is 7.65. The zero-order valence-electron chi connectivity index (χ0n) is 16.3. The lowest BCUT2D eigenvalue weighted by Crippen LogP contribution is -2.42. The van der Waals surface area contributed by atoms with Gasteiger partial charge in [-0.3, -0.25) is 0 Å². The van der Waals surface area contributed by atoms with Gasteiger partial charge in [0.05, 0.1) is 0 Å². The van der Waals surface area contributed by atoms with Crippen LogP contribution in [0.1, 0.15) is 63.9 Å². The minimum Gasteiger partial charge on any atom is -0.400 e. The Kier molecular flexibility index (Phi) is 11.4. The lowest BCUT2D eigenvalue weighted by molar-refractivity contribution is 0.178. The van der Waals surface area contributed by atoms with E-state index in [4.69, 9.17) is 22.4 Å². The monoisotopic (exact) mass is 368 g/mol. The van der Waals surface area contributed by atoms with Gasteiger partial charge in [0.1, 0.15) is 0 Å². The maximum absolute atomic E-state index is 7.00. The molecule has 144 valence electrons. The molecule has 3 N–H and O–H groups in total. The molecule has 1 aliphatic rings. The molecule has 3 nitrogen and oxygen atoms in total. The first-order chi connectivity index (χ1) is 12.1. The van der Waals surface area contributed by atoms with Crippen molar-refractivity contribution in [3.8, 4) is 0 Å². The second kappa shape index (κ2) is 12.7. The zero-order valence-corrected chi connectivity index (χ0v) is 17.0. The molecular weight excluding hydrogens is 332 g/mol. The molecule has 1 heterocycles. The Bertz CT molecular complexity index is 455. The van der Waals surface area contributed by atoms with Crippen LogP contribution >= 0.6 is 11.6 Å². The SMILES string of the molecule is CCCC(CCC)C(CN1CCC(N)CC1)c1cccc(Cl)c1.CO. The summed E-state index contributed by atoms with van der Waals surface area (Å²) in [6.07, 6.45) is 7.39. The minimum absolute atomic E-state index is 0.401. The molecule has 25 heavy (non-hydrogen) atoms. The first-order valence-corrected chi connectivity index (χ1v) is 10.2. The fraction of sp³-hybridized carbons (Fsp3) is 0.714. The summed E-state index contributed by atoms with van der Waals surface area (Å²) in [6, 6.07) is 8.94. The van der Waals surface area contributed by atoms with E-state index in [9.17, 15) is 0 Å². The van der Waals surface area contributed by atoms with E-state index in [1.807, 2.05) is 6.07 Å². The molecule has 1 unspecified atom stereocenters.